The summed E-state index contributed by atoms with van der Waals surface area (Å²) in [6.45, 7) is 7.57. The first-order valence-corrected chi connectivity index (χ1v) is 9.88. The fraction of sp³-hybridized carbons (Fsp3) is 0.526. The molecule has 0 unspecified atom stereocenters. The van der Waals surface area contributed by atoms with Crippen LogP contribution in [0.5, 0.6) is 0 Å². The number of rotatable bonds is 5. The van der Waals surface area contributed by atoms with E-state index in [0.717, 1.165) is 36.9 Å². The Morgan fingerprint density at radius 1 is 1.35 bits per heavy atom. The second-order valence-corrected chi connectivity index (χ2v) is 8.29. The van der Waals surface area contributed by atoms with Gasteiger partial charge in [-0.2, -0.15) is 0 Å². The van der Waals surface area contributed by atoms with Gasteiger partial charge in [-0.3, -0.25) is 14.2 Å². The van der Waals surface area contributed by atoms with Crippen LogP contribution in [-0.2, 0) is 11.3 Å². The highest BCUT2D eigenvalue weighted by Crippen LogP contribution is 2.15. The molecule has 1 N–H and O–H groups in total. The number of likely N-dealkylation sites (tertiary alicyclic amines) is 1. The molecule has 1 aliphatic heterocycles. The molecular weight excluding hydrogens is 396 g/mol. The lowest BCUT2D eigenvalue weighted by Crippen LogP contribution is -2.46. The third-order valence-electron chi connectivity index (χ3n) is 4.68. The van der Waals surface area contributed by atoms with E-state index in [1.165, 1.54) is 10.9 Å². The lowest BCUT2D eigenvalue weighted by Gasteiger charge is -2.33. The number of hydrogen-bond donors (Lipinski definition) is 1. The zero-order valence-corrected chi connectivity index (χ0v) is 16.8. The molecule has 6 nitrogen and oxygen atoms in total. The smallest absolute Gasteiger partial charge is 0.261 e. The van der Waals surface area contributed by atoms with Gasteiger partial charge in [-0.25, -0.2) is 4.98 Å². The maximum absolute atomic E-state index is 12.6. The summed E-state index contributed by atoms with van der Waals surface area (Å²) in [4.78, 5) is 31.7. The van der Waals surface area contributed by atoms with Crippen molar-refractivity contribution in [1.29, 1.82) is 0 Å². The molecule has 0 radical (unpaired) electrons. The first-order valence-electron chi connectivity index (χ1n) is 9.09. The van der Waals surface area contributed by atoms with Gasteiger partial charge in [0.2, 0.25) is 5.91 Å². The molecule has 0 bridgehead atoms. The summed E-state index contributed by atoms with van der Waals surface area (Å²) in [5.41, 5.74) is 0.436. The zero-order chi connectivity index (χ0) is 18.7. The third-order valence-corrected chi connectivity index (χ3v) is 5.17. The topological polar surface area (TPSA) is 67.2 Å². The maximum Gasteiger partial charge on any atom is 0.261 e. The highest BCUT2D eigenvalue weighted by Gasteiger charge is 2.21. The minimum absolute atomic E-state index is 0.000491. The van der Waals surface area contributed by atoms with Crippen molar-refractivity contribution in [2.75, 3.05) is 19.6 Å². The number of halogens is 1. The number of benzene rings is 1. The molecular formula is C19H25BrN4O2. The monoisotopic (exact) mass is 420 g/mol. The van der Waals surface area contributed by atoms with Gasteiger partial charge in [0.1, 0.15) is 6.54 Å². The minimum Gasteiger partial charge on any atom is -0.352 e. The van der Waals surface area contributed by atoms with Crippen LogP contribution >= 0.6 is 15.9 Å². The number of carbonyl (C=O) groups is 1. The highest BCUT2D eigenvalue weighted by atomic mass is 79.9. The quantitative estimate of drug-likeness (QED) is 0.805. The van der Waals surface area contributed by atoms with Gasteiger partial charge < -0.3 is 10.2 Å². The van der Waals surface area contributed by atoms with Crippen LogP contribution < -0.4 is 10.9 Å². The average Bonchev–Trinajstić information content (AvgIpc) is 2.59. The molecule has 3 rings (SSSR count). The average molecular weight is 421 g/mol. The summed E-state index contributed by atoms with van der Waals surface area (Å²) in [6, 6.07) is 5.56. The predicted molar refractivity (Wildman–Crippen MR) is 106 cm³/mol. The molecule has 1 amide bonds. The van der Waals surface area contributed by atoms with Gasteiger partial charge >= 0.3 is 0 Å². The van der Waals surface area contributed by atoms with E-state index in [9.17, 15) is 9.59 Å². The van der Waals surface area contributed by atoms with Crippen LogP contribution in [0.4, 0.5) is 0 Å². The summed E-state index contributed by atoms with van der Waals surface area (Å²) in [6.07, 6.45) is 3.36. The molecule has 0 aliphatic carbocycles. The van der Waals surface area contributed by atoms with Crippen LogP contribution in [-0.4, -0.2) is 46.0 Å². The summed E-state index contributed by atoms with van der Waals surface area (Å²) < 4.78 is 2.19. The standard InChI is InChI=1S/C19H25BrN4O2/c1-13(2)10-23-7-5-15(6-8-23)22-18(25)11-24-12-21-17-4-3-14(20)9-16(17)19(24)26/h3-4,9,12-13,15H,5-8,10-11H2,1-2H3,(H,22,25). The number of amides is 1. The van der Waals surface area contributed by atoms with Crippen LogP contribution in [0, 0.1) is 5.92 Å². The maximum atomic E-state index is 12.6. The minimum atomic E-state index is -0.196. The van der Waals surface area contributed by atoms with Crippen LogP contribution in [0.3, 0.4) is 0 Å². The van der Waals surface area contributed by atoms with Crippen molar-refractivity contribution in [3.8, 4) is 0 Å². The molecule has 140 valence electrons. The van der Waals surface area contributed by atoms with E-state index in [0.29, 0.717) is 16.8 Å². The van der Waals surface area contributed by atoms with Crippen molar-refractivity contribution < 1.29 is 4.79 Å². The number of nitrogens with one attached hydrogen (secondary N) is 1. The van der Waals surface area contributed by atoms with Gasteiger partial charge in [-0.05, 0) is 37.0 Å². The highest BCUT2D eigenvalue weighted by molar-refractivity contribution is 9.10. The Balaban J connectivity index is 1.60. The van der Waals surface area contributed by atoms with Crippen LogP contribution in [0.25, 0.3) is 10.9 Å². The van der Waals surface area contributed by atoms with E-state index >= 15 is 0 Å². The van der Waals surface area contributed by atoms with Gasteiger partial charge in [-0.1, -0.05) is 29.8 Å². The van der Waals surface area contributed by atoms with Crippen LogP contribution in [0.1, 0.15) is 26.7 Å². The van der Waals surface area contributed by atoms with Gasteiger partial charge in [-0.15, -0.1) is 0 Å². The molecule has 7 heteroatoms. The molecule has 1 saturated heterocycles. The van der Waals surface area contributed by atoms with Crippen molar-refractivity contribution in [2.45, 2.75) is 39.3 Å². The van der Waals surface area contributed by atoms with Crippen molar-refractivity contribution in [2.24, 2.45) is 5.92 Å². The largest absolute Gasteiger partial charge is 0.352 e. The van der Waals surface area contributed by atoms with E-state index in [-0.39, 0.29) is 24.1 Å². The summed E-state index contributed by atoms with van der Waals surface area (Å²) in [5.74, 6) is 0.527. The first-order chi connectivity index (χ1) is 12.4. The molecule has 0 saturated carbocycles. The molecule has 26 heavy (non-hydrogen) atoms. The Morgan fingerprint density at radius 3 is 2.77 bits per heavy atom. The third kappa shape index (κ3) is 4.71. The normalized spacial score (nSPS) is 16.3. The number of piperidine rings is 1. The molecule has 1 fully saturated rings. The molecule has 1 aromatic carbocycles. The van der Waals surface area contributed by atoms with E-state index in [4.69, 9.17) is 0 Å². The van der Waals surface area contributed by atoms with Gasteiger partial charge in [0.05, 0.1) is 17.2 Å². The Kier molecular flexibility index (Phi) is 6.09. The fourth-order valence-corrected chi connectivity index (χ4v) is 3.81. The Bertz CT molecular complexity index is 841. The molecule has 2 heterocycles. The SMILES string of the molecule is CC(C)CN1CCC(NC(=O)Cn2cnc3ccc(Br)cc3c2=O)CC1. The van der Waals surface area contributed by atoms with Gasteiger partial charge in [0.25, 0.3) is 5.56 Å². The van der Waals surface area contributed by atoms with Crippen molar-refractivity contribution in [3.05, 3.63) is 39.4 Å². The second kappa shape index (κ2) is 8.31. The van der Waals surface area contributed by atoms with E-state index < -0.39 is 0 Å². The molecule has 1 aromatic heterocycles. The zero-order valence-electron chi connectivity index (χ0n) is 15.2. The van der Waals surface area contributed by atoms with Crippen molar-refractivity contribution in [1.82, 2.24) is 19.8 Å². The number of carbonyl (C=O) groups excluding carboxylic acids is 1. The Morgan fingerprint density at radius 2 is 2.08 bits per heavy atom. The lowest BCUT2D eigenvalue weighted by atomic mass is 10.0. The van der Waals surface area contributed by atoms with E-state index in [1.54, 1.807) is 12.1 Å². The number of hydrogen-bond acceptors (Lipinski definition) is 4. The summed E-state index contributed by atoms with van der Waals surface area (Å²) in [5, 5.41) is 3.58. The number of aromatic nitrogens is 2. The van der Waals surface area contributed by atoms with E-state index in [1.807, 2.05) is 6.07 Å². The molecule has 0 atom stereocenters. The van der Waals surface area contributed by atoms with Crippen LogP contribution in [0.2, 0.25) is 0 Å². The summed E-state index contributed by atoms with van der Waals surface area (Å²) >= 11 is 3.37. The molecule has 1 aliphatic rings. The molecule has 0 spiro atoms. The van der Waals surface area contributed by atoms with Crippen molar-refractivity contribution >= 4 is 32.7 Å². The van der Waals surface area contributed by atoms with Crippen molar-refractivity contribution in [3.63, 3.8) is 0 Å². The second-order valence-electron chi connectivity index (χ2n) is 7.38. The number of fused-ring (bicyclic) bond motifs is 1. The van der Waals surface area contributed by atoms with E-state index in [2.05, 4.69) is 45.0 Å². The van der Waals surface area contributed by atoms with Gasteiger partial charge in [0, 0.05) is 30.1 Å². The molecule has 2 aromatic rings. The number of nitrogens with zero attached hydrogens (tertiary/aromatic N) is 3. The fourth-order valence-electron chi connectivity index (χ4n) is 3.45. The summed E-state index contributed by atoms with van der Waals surface area (Å²) in [7, 11) is 0. The van der Waals surface area contributed by atoms with Gasteiger partial charge in [0.15, 0.2) is 0 Å². The Labute approximate surface area is 161 Å². The predicted octanol–water partition coefficient (Wildman–Crippen LogP) is 2.40. The Hall–Kier alpha value is -1.73. The first kappa shape index (κ1) is 19.0. The van der Waals surface area contributed by atoms with Crippen LogP contribution in [0.15, 0.2) is 33.8 Å². The lowest BCUT2D eigenvalue weighted by molar-refractivity contribution is -0.122.